The van der Waals surface area contributed by atoms with E-state index in [9.17, 15) is 13.2 Å². The van der Waals surface area contributed by atoms with Crippen LogP contribution in [-0.2, 0) is 15.7 Å². The Bertz CT molecular complexity index is 1200. The molecule has 6 heterocycles. The van der Waals surface area contributed by atoms with Gasteiger partial charge in [-0.05, 0) is 25.0 Å². The smallest absolute Gasteiger partial charge is 0.374 e. The molecule has 4 atom stereocenters. The van der Waals surface area contributed by atoms with Gasteiger partial charge in [0, 0.05) is 13.1 Å². The van der Waals surface area contributed by atoms with Crippen molar-refractivity contribution >= 4 is 22.9 Å². The molecule has 4 fully saturated rings. The van der Waals surface area contributed by atoms with Gasteiger partial charge in [0.2, 0.25) is 23.7 Å². The minimum absolute atomic E-state index is 0.0802. The average molecular weight is 459 g/mol. The molecule has 12 heteroatoms. The number of benzene rings is 1. The summed E-state index contributed by atoms with van der Waals surface area (Å²) in [6.07, 6.45) is -2.77. The number of anilines is 2. The molecule has 0 N–H and O–H groups in total. The van der Waals surface area contributed by atoms with Crippen LogP contribution < -0.4 is 9.80 Å². The van der Waals surface area contributed by atoms with E-state index in [1.54, 1.807) is 24.3 Å². The SMILES string of the molecule is FC(F)(F)c1nc2ccccc2n1-c1nc(N2CC3CC2CO3)nc(N2CC3CC2CO3)n1. The van der Waals surface area contributed by atoms with Gasteiger partial charge < -0.3 is 19.3 Å². The van der Waals surface area contributed by atoms with Gasteiger partial charge in [-0.15, -0.1) is 0 Å². The number of imidazole rings is 1. The second-order valence-corrected chi connectivity index (χ2v) is 8.99. The van der Waals surface area contributed by atoms with Crippen molar-refractivity contribution < 1.29 is 22.6 Å². The summed E-state index contributed by atoms with van der Waals surface area (Å²) in [7, 11) is 0. The van der Waals surface area contributed by atoms with Gasteiger partial charge in [-0.2, -0.15) is 28.1 Å². The summed E-state index contributed by atoms with van der Waals surface area (Å²) in [5, 5.41) is 0. The highest BCUT2D eigenvalue weighted by Crippen LogP contribution is 2.37. The van der Waals surface area contributed by atoms with E-state index < -0.39 is 12.0 Å². The van der Waals surface area contributed by atoms with Crippen molar-refractivity contribution in [2.45, 2.75) is 43.3 Å². The fraction of sp³-hybridized carbons (Fsp3) is 0.524. The number of aromatic nitrogens is 5. The second kappa shape index (κ2) is 6.76. The van der Waals surface area contributed by atoms with Crippen LogP contribution in [0.5, 0.6) is 0 Å². The van der Waals surface area contributed by atoms with Crippen LogP contribution in [0.3, 0.4) is 0 Å². The molecule has 4 aliphatic heterocycles. The Balaban J connectivity index is 1.42. The molecule has 4 bridgehead atoms. The predicted molar refractivity (Wildman–Crippen MR) is 110 cm³/mol. The van der Waals surface area contributed by atoms with Crippen molar-refractivity contribution in [2.75, 3.05) is 36.1 Å². The van der Waals surface area contributed by atoms with Crippen molar-refractivity contribution in [3.05, 3.63) is 30.1 Å². The van der Waals surface area contributed by atoms with Gasteiger partial charge in [0.25, 0.3) is 0 Å². The number of hydrogen-bond donors (Lipinski definition) is 0. The molecular formula is C21H20F3N7O2. The molecule has 172 valence electrons. The number of halogens is 3. The summed E-state index contributed by atoms with van der Waals surface area (Å²) in [4.78, 5) is 21.7. The lowest BCUT2D eigenvalue weighted by Crippen LogP contribution is -2.41. The van der Waals surface area contributed by atoms with E-state index in [0.29, 0.717) is 43.7 Å². The first-order valence-corrected chi connectivity index (χ1v) is 11.0. The van der Waals surface area contributed by atoms with Crippen molar-refractivity contribution in [2.24, 2.45) is 0 Å². The third-order valence-electron chi connectivity index (χ3n) is 6.93. The van der Waals surface area contributed by atoms with E-state index in [1.807, 2.05) is 9.80 Å². The van der Waals surface area contributed by atoms with Crippen LogP contribution in [0, 0.1) is 0 Å². The van der Waals surface area contributed by atoms with Crippen LogP contribution in [0.25, 0.3) is 17.0 Å². The molecule has 9 nitrogen and oxygen atoms in total. The molecule has 0 saturated carbocycles. The molecule has 0 aliphatic carbocycles. The quantitative estimate of drug-likeness (QED) is 0.590. The maximum absolute atomic E-state index is 14.0. The predicted octanol–water partition coefficient (Wildman–Crippen LogP) is 2.18. The summed E-state index contributed by atoms with van der Waals surface area (Å²) in [5.74, 6) is -0.381. The molecule has 3 aromatic rings. The van der Waals surface area contributed by atoms with Crippen molar-refractivity contribution in [3.63, 3.8) is 0 Å². The van der Waals surface area contributed by atoms with Crippen LogP contribution in [0.1, 0.15) is 18.7 Å². The van der Waals surface area contributed by atoms with Gasteiger partial charge in [0.15, 0.2) is 0 Å². The van der Waals surface area contributed by atoms with Gasteiger partial charge in [-0.3, -0.25) is 4.57 Å². The molecule has 7 rings (SSSR count). The highest BCUT2D eigenvalue weighted by atomic mass is 19.4. The third-order valence-corrected chi connectivity index (χ3v) is 6.93. The average Bonchev–Trinajstić information content (AvgIpc) is 3.63. The zero-order chi connectivity index (χ0) is 22.3. The second-order valence-electron chi connectivity index (χ2n) is 8.99. The lowest BCUT2D eigenvalue weighted by molar-refractivity contribution is -0.145. The molecule has 0 amide bonds. The van der Waals surface area contributed by atoms with Crippen LogP contribution in [-0.4, -0.2) is 75.1 Å². The van der Waals surface area contributed by atoms with E-state index in [0.717, 1.165) is 17.4 Å². The first-order chi connectivity index (χ1) is 15.9. The summed E-state index contributed by atoms with van der Waals surface area (Å²) in [6.45, 7) is 2.34. The summed E-state index contributed by atoms with van der Waals surface area (Å²) < 4.78 is 54.4. The molecule has 1 aromatic carbocycles. The number of morpholine rings is 2. The number of alkyl halides is 3. The summed E-state index contributed by atoms with van der Waals surface area (Å²) in [6, 6.07) is 6.70. The van der Waals surface area contributed by atoms with E-state index in [4.69, 9.17) is 14.5 Å². The Morgan fingerprint density at radius 1 is 0.788 bits per heavy atom. The van der Waals surface area contributed by atoms with E-state index in [-0.39, 0.29) is 35.8 Å². The lowest BCUT2D eigenvalue weighted by Gasteiger charge is -2.30. The van der Waals surface area contributed by atoms with Crippen LogP contribution >= 0.6 is 0 Å². The zero-order valence-electron chi connectivity index (χ0n) is 17.4. The Morgan fingerprint density at radius 3 is 1.88 bits per heavy atom. The number of rotatable bonds is 3. The van der Waals surface area contributed by atoms with Crippen molar-refractivity contribution in [1.29, 1.82) is 0 Å². The number of fused-ring (bicyclic) bond motifs is 5. The first-order valence-electron chi connectivity index (χ1n) is 11.0. The topological polar surface area (TPSA) is 81.4 Å². The fourth-order valence-electron chi connectivity index (χ4n) is 5.41. The molecule has 4 aliphatic rings. The van der Waals surface area contributed by atoms with Crippen LogP contribution in [0.15, 0.2) is 24.3 Å². The zero-order valence-corrected chi connectivity index (χ0v) is 17.4. The molecule has 4 unspecified atom stereocenters. The first kappa shape index (κ1) is 19.5. The Labute approximate surface area is 186 Å². The molecular weight excluding hydrogens is 439 g/mol. The molecule has 33 heavy (non-hydrogen) atoms. The Morgan fingerprint density at radius 2 is 1.36 bits per heavy atom. The Kier molecular flexibility index (Phi) is 3.99. The maximum atomic E-state index is 14.0. The maximum Gasteiger partial charge on any atom is 0.450 e. The van der Waals surface area contributed by atoms with Crippen molar-refractivity contribution in [3.8, 4) is 5.95 Å². The number of para-hydroxylation sites is 2. The highest BCUT2D eigenvalue weighted by Gasteiger charge is 2.44. The van der Waals surface area contributed by atoms with Crippen molar-refractivity contribution in [1.82, 2.24) is 24.5 Å². The molecule has 0 spiro atoms. The van der Waals surface area contributed by atoms with Gasteiger partial charge in [-0.25, -0.2) is 4.98 Å². The minimum Gasteiger partial charge on any atom is -0.374 e. The van der Waals surface area contributed by atoms with Gasteiger partial charge in [-0.1, -0.05) is 12.1 Å². The van der Waals surface area contributed by atoms with Crippen LogP contribution in [0.4, 0.5) is 25.1 Å². The van der Waals surface area contributed by atoms with Gasteiger partial charge in [0.05, 0.1) is 48.5 Å². The number of nitrogens with zero attached hydrogens (tertiary/aromatic N) is 7. The largest absolute Gasteiger partial charge is 0.450 e. The minimum atomic E-state index is -4.67. The standard InChI is InChI=1S/C21H20F3N7O2/c22-21(23,24)17-25-15-3-1-2-4-16(15)31(17)20-27-18(29-7-13-5-11(29)9-32-13)26-19(28-20)30-8-14-6-12(30)10-33-14/h1-4,11-14H,5-10H2. The summed E-state index contributed by atoms with van der Waals surface area (Å²) >= 11 is 0. The molecule has 4 saturated heterocycles. The number of hydrogen-bond acceptors (Lipinski definition) is 8. The monoisotopic (exact) mass is 459 g/mol. The Hall–Kier alpha value is -2.99. The normalized spacial score (nSPS) is 28.6. The summed E-state index contributed by atoms with van der Waals surface area (Å²) in [5.41, 5.74) is 0.529. The molecule has 0 radical (unpaired) electrons. The van der Waals surface area contributed by atoms with Gasteiger partial charge >= 0.3 is 6.18 Å². The third kappa shape index (κ3) is 3.00. The van der Waals surface area contributed by atoms with E-state index in [1.165, 1.54) is 0 Å². The van der Waals surface area contributed by atoms with Gasteiger partial charge in [0.1, 0.15) is 0 Å². The highest BCUT2D eigenvalue weighted by molar-refractivity contribution is 5.77. The lowest BCUT2D eigenvalue weighted by atomic mass is 10.2. The van der Waals surface area contributed by atoms with E-state index in [2.05, 4.69) is 15.0 Å². The molecule has 2 aromatic heterocycles. The van der Waals surface area contributed by atoms with E-state index >= 15 is 0 Å². The fourth-order valence-corrected chi connectivity index (χ4v) is 5.41. The van der Waals surface area contributed by atoms with Crippen LogP contribution in [0.2, 0.25) is 0 Å². The number of ether oxygens (including phenoxy) is 2.